The average Bonchev–Trinajstić information content (AvgIpc) is 2.57. The summed E-state index contributed by atoms with van der Waals surface area (Å²) in [5, 5.41) is 11.8. The van der Waals surface area contributed by atoms with Gasteiger partial charge in [0.1, 0.15) is 5.75 Å². The van der Waals surface area contributed by atoms with Crippen LogP contribution >= 0.6 is 0 Å². The van der Waals surface area contributed by atoms with Gasteiger partial charge in [0, 0.05) is 11.3 Å². The molecule has 126 valence electrons. The van der Waals surface area contributed by atoms with Crippen LogP contribution in [0.5, 0.6) is 5.75 Å². The molecule has 2 aromatic rings. The number of aryl methyl sites for hydroxylation is 1. The van der Waals surface area contributed by atoms with Crippen LogP contribution in [0, 0.1) is 6.92 Å². The average molecular weight is 327 g/mol. The molecule has 0 aliphatic rings. The normalized spacial score (nSPS) is 11.6. The minimum Gasteiger partial charge on any atom is -0.491 e. The van der Waals surface area contributed by atoms with Crippen LogP contribution in [0.3, 0.4) is 0 Å². The molecule has 0 unspecified atom stereocenters. The third kappa shape index (κ3) is 4.35. The molecule has 1 atom stereocenters. The summed E-state index contributed by atoms with van der Waals surface area (Å²) in [5.41, 5.74) is 1.89. The van der Waals surface area contributed by atoms with Crippen molar-refractivity contribution in [2.75, 3.05) is 5.32 Å². The summed E-state index contributed by atoms with van der Waals surface area (Å²) in [5.74, 6) is -0.613. The van der Waals surface area contributed by atoms with Crippen LogP contribution in [-0.4, -0.2) is 23.1 Å². The molecule has 2 N–H and O–H groups in total. The summed E-state index contributed by atoms with van der Waals surface area (Å²) in [6.45, 7) is 5.84. The van der Waals surface area contributed by atoms with E-state index in [1.807, 2.05) is 20.8 Å². The number of carbonyl (C=O) groups excluding carboxylic acids is 1. The fourth-order valence-electron chi connectivity index (χ4n) is 2.08. The van der Waals surface area contributed by atoms with Crippen molar-refractivity contribution in [2.24, 2.45) is 0 Å². The molecule has 0 aromatic heterocycles. The number of carboxylic acid groups (broad SMARTS) is 1. The predicted octanol–water partition coefficient (Wildman–Crippen LogP) is 4.12. The summed E-state index contributed by atoms with van der Waals surface area (Å²) >= 11 is 0. The van der Waals surface area contributed by atoms with Crippen molar-refractivity contribution in [1.82, 2.24) is 0 Å². The highest BCUT2D eigenvalue weighted by molar-refractivity contribution is 6.05. The lowest BCUT2D eigenvalue weighted by atomic mass is 10.1. The molecule has 0 radical (unpaired) electrons. The number of aromatic carboxylic acids is 1. The lowest BCUT2D eigenvalue weighted by molar-refractivity contribution is 0.0696. The second-order valence-corrected chi connectivity index (χ2v) is 5.65. The van der Waals surface area contributed by atoms with E-state index < -0.39 is 5.97 Å². The monoisotopic (exact) mass is 327 g/mol. The van der Waals surface area contributed by atoms with Crippen LogP contribution < -0.4 is 10.1 Å². The number of hydrogen-bond donors (Lipinski definition) is 2. The summed E-state index contributed by atoms with van der Waals surface area (Å²) in [6.07, 6.45) is 1.02. The van der Waals surface area contributed by atoms with Gasteiger partial charge >= 0.3 is 5.97 Å². The molecule has 0 bridgehead atoms. The highest BCUT2D eigenvalue weighted by atomic mass is 16.5. The smallest absolute Gasteiger partial charge is 0.335 e. The van der Waals surface area contributed by atoms with Crippen molar-refractivity contribution in [3.05, 3.63) is 59.2 Å². The van der Waals surface area contributed by atoms with E-state index in [9.17, 15) is 9.59 Å². The highest BCUT2D eigenvalue weighted by Crippen LogP contribution is 2.19. The fraction of sp³-hybridized carbons (Fsp3) is 0.263. The van der Waals surface area contributed by atoms with Gasteiger partial charge in [0.25, 0.3) is 5.91 Å². The second kappa shape index (κ2) is 7.64. The van der Waals surface area contributed by atoms with Gasteiger partial charge in [0.05, 0.1) is 11.7 Å². The number of hydrogen-bond acceptors (Lipinski definition) is 3. The van der Waals surface area contributed by atoms with Gasteiger partial charge in [0.2, 0.25) is 0 Å². The van der Waals surface area contributed by atoms with Crippen molar-refractivity contribution in [2.45, 2.75) is 33.3 Å². The fourth-order valence-corrected chi connectivity index (χ4v) is 2.08. The number of carboxylic acids is 1. The maximum atomic E-state index is 12.3. The number of rotatable bonds is 6. The Balaban J connectivity index is 2.12. The molecule has 0 saturated heterocycles. The Morgan fingerprint density at radius 1 is 1.12 bits per heavy atom. The molecule has 0 fully saturated rings. The Labute approximate surface area is 141 Å². The van der Waals surface area contributed by atoms with E-state index in [1.54, 1.807) is 30.3 Å². The first-order valence-corrected chi connectivity index (χ1v) is 7.82. The van der Waals surface area contributed by atoms with Crippen LogP contribution in [0.1, 0.15) is 46.5 Å². The van der Waals surface area contributed by atoms with E-state index in [4.69, 9.17) is 9.84 Å². The Morgan fingerprint density at radius 2 is 1.75 bits per heavy atom. The van der Waals surface area contributed by atoms with E-state index in [2.05, 4.69) is 5.32 Å². The number of carbonyl (C=O) groups is 2. The van der Waals surface area contributed by atoms with Crippen LogP contribution in [-0.2, 0) is 0 Å². The molecule has 0 saturated carbocycles. The van der Waals surface area contributed by atoms with E-state index in [0.29, 0.717) is 17.0 Å². The molecule has 2 rings (SSSR count). The van der Waals surface area contributed by atoms with Gasteiger partial charge in [-0.3, -0.25) is 4.79 Å². The van der Waals surface area contributed by atoms with Gasteiger partial charge < -0.3 is 15.2 Å². The summed E-state index contributed by atoms with van der Waals surface area (Å²) in [6, 6.07) is 11.5. The summed E-state index contributed by atoms with van der Waals surface area (Å²) in [7, 11) is 0. The third-order valence-electron chi connectivity index (χ3n) is 3.76. The lowest BCUT2D eigenvalue weighted by Gasteiger charge is -2.13. The van der Waals surface area contributed by atoms with Crippen LogP contribution in [0.2, 0.25) is 0 Å². The molecular formula is C19H21NO4. The summed E-state index contributed by atoms with van der Waals surface area (Å²) in [4.78, 5) is 23.4. The number of nitrogens with one attached hydrogen (secondary N) is 1. The number of anilines is 1. The van der Waals surface area contributed by atoms with Crippen molar-refractivity contribution in [1.29, 1.82) is 0 Å². The number of ether oxygens (including phenoxy) is 1. The maximum Gasteiger partial charge on any atom is 0.335 e. The SMILES string of the molecule is CC[C@@H](C)Oc1ccc(C(=O)Nc2cc(C(=O)O)ccc2C)cc1. The van der Waals surface area contributed by atoms with Crippen molar-refractivity contribution < 1.29 is 19.4 Å². The first kappa shape index (κ1) is 17.5. The molecule has 1 amide bonds. The molecule has 2 aromatic carbocycles. The largest absolute Gasteiger partial charge is 0.491 e. The molecule has 0 aliphatic carbocycles. The number of benzene rings is 2. The van der Waals surface area contributed by atoms with Crippen LogP contribution in [0.4, 0.5) is 5.69 Å². The maximum absolute atomic E-state index is 12.3. The Hall–Kier alpha value is -2.82. The van der Waals surface area contributed by atoms with Gasteiger partial charge in [0.15, 0.2) is 0 Å². The van der Waals surface area contributed by atoms with Crippen molar-refractivity contribution in [3.8, 4) is 5.75 Å². The van der Waals surface area contributed by atoms with E-state index >= 15 is 0 Å². The quantitative estimate of drug-likeness (QED) is 0.836. The zero-order valence-corrected chi connectivity index (χ0v) is 14.0. The standard InChI is InChI=1S/C19H21NO4/c1-4-13(3)24-16-9-7-14(8-10-16)18(21)20-17-11-15(19(22)23)6-5-12(17)2/h5-11,13H,4H2,1-3H3,(H,20,21)(H,22,23)/t13-/m1/s1. The predicted molar refractivity (Wildman–Crippen MR) is 92.9 cm³/mol. The minimum atomic E-state index is -1.03. The first-order valence-electron chi connectivity index (χ1n) is 7.82. The Kier molecular flexibility index (Phi) is 5.58. The molecule has 0 heterocycles. The van der Waals surface area contributed by atoms with Crippen LogP contribution in [0.25, 0.3) is 0 Å². The molecule has 0 spiro atoms. The van der Waals surface area contributed by atoms with E-state index in [0.717, 1.165) is 12.0 Å². The zero-order chi connectivity index (χ0) is 17.7. The molecule has 24 heavy (non-hydrogen) atoms. The lowest BCUT2D eigenvalue weighted by Crippen LogP contribution is -2.14. The van der Waals surface area contributed by atoms with Gasteiger partial charge in [-0.25, -0.2) is 4.79 Å². The van der Waals surface area contributed by atoms with E-state index in [-0.39, 0.29) is 17.6 Å². The molecule has 0 aliphatic heterocycles. The van der Waals surface area contributed by atoms with Gasteiger partial charge in [-0.2, -0.15) is 0 Å². The van der Waals surface area contributed by atoms with Crippen molar-refractivity contribution in [3.63, 3.8) is 0 Å². The van der Waals surface area contributed by atoms with Gasteiger partial charge in [-0.05, 0) is 62.2 Å². The first-order chi connectivity index (χ1) is 11.4. The zero-order valence-electron chi connectivity index (χ0n) is 14.0. The molecule has 5 heteroatoms. The van der Waals surface area contributed by atoms with E-state index in [1.165, 1.54) is 12.1 Å². The Morgan fingerprint density at radius 3 is 2.33 bits per heavy atom. The van der Waals surface area contributed by atoms with Crippen molar-refractivity contribution >= 4 is 17.6 Å². The molecular weight excluding hydrogens is 306 g/mol. The topological polar surface area (TPSA) is 75.6 Å². The second-order valence-electron chi connectivity index (χ2n) is 5.65. The minimum absolute atomic E-state index is 0.117. The Bertz CT molecular complexity index is 738. The van der Waals surface area contributed by atoms with Crippen LogP contribution in [0.15, 0.2) is 42.5 Å². The highest BCUT2D eigenvalue weighted by Gasteiger charge is 2.11. The molecule has 5 nitrogen and oxygen atoms in total. The van der Waals surface area contributed by atoms with Gasteiger partial charge in [-0.1, -0.05) is 13.0 Å². The number of amides is 1. The van der Waals surface area contributed by atoms with Gasteiger partial charge in [-0.15, -0.1) is 0 Å². The summed E-state index contributed by atoms with van der Waals surface area (Å²) < 4.78 is 5.68. The third-order valence-corrected chi connectivity index (χ3v) is 3.76.